The van der Waals surface area contributed by atoms with Crippen molar-refractivity contribution in [1.82, 2.24) is 34.7 Å². The van der Waals surface area contributed by atoms with E-state index in [4.69, 9.17) is 18.9 Å². The molecule has 0 radical (unpaired) electrons. The van der Waals surface area contributed by atoms with Crippen molar-refractivity contribution in [3.8, 4) is 17.4 Å². The summed E-state index contributed by atoms with van der Waals surface area (Å²) in [5.41, 5.74) is 0.219. The van der Waals surface area contributed by atoms with E-state index in [1.165, 1.54) is 25.1 Å². The Labute approximate surface area is 236 Å². The molecule has 5 heterocycles. The molecule has 3 aromatic rings. The Morgan fingerprint density at radius 2 is 1.78 bits per heavy atom. The van der Waals surface area contributed by atoms with E-state index < -0.39 is 33.3 Å². The zero-order valence-electron chi connectivity index (χ0n) is 23.1. The number of methoxy groups -OCH3 is 2. The van der Waals surface area contributed by atoms with Crippen LogP contribution in [0.3, 0.4) is 0 Å². The van der Waals surface area contributed by atoms with Crippen molar-refractivity contribution in [2.24, 2.45) is 0 Å². The SMILES string of the molecule is COc1ncnc(OC)c1-n1c(NS(=O)(=O)C2CC(OC(C)C)CN(c3ncc(F)cn3)C2)nnc1[C@H]1CCCO1. The highest BCUT2D eigenvalue weighted by atomic mass is 32.2. The van der Waals surface area contributed by atoms with Gasteiger partial charge in [-0.15, -0.1) is 10.2 Å². The molecule has 2 fully saturated rings. The summed E-state index contributed by atoms with van der Waals surface area (Å²) in [4.78, 5) is 18.1. The van der Waals surface area contributed by atoms with Crippen molar-refractivity contribution in [3.63, 3.8) is 0 Å². The number of anilines is 2. The molecular formula is C24H32FN9O6S. The molecule has 3 atom stereocenters. The monoisotopic (exact) mass is 593 g/mol. The predicted molar refractivity (Wildman–Crippen MR) is 143 cm³/mol. The zero-order valence-corrected chi connectivity index (χ0v) is 23.9. The van der Waals surface area contributed by atoms with Gasteiger partial charge in [0.2, 0.25) is 33.7 Å². The van der Waals surface area contributed by atoms with Crippen LogP contribution in [0.1, 0.15) is 45.0 Å². The van der Waals surface area contributed by atoms with Crippen LogP contribution in [0.4, 0.5) is 16.3 Å². The first kappa shape index (κ1) is 28.8. The average molecular weight is 594 g/mol. The zero-order chi connectivity index (χ0) is 29.1. The lowest BCUT2D eigenvalue weighted by atomic mass is 10.1. The van der Waals surface area contributed by atoms with E-state index in [1.807, 2.05) is 13.8 Å². The fourth-order valence-corrected chi connectivity index (χ4v) is 6.37. The van der Waals surface area contributed by atoms with Crippen LogP contribution in [0.2, 0.25) is 0 Å². The molecule has 0 saturated carbocycles. The average Bonchev–Trinajstić information content (AvgIpc) is 3.62. The van der Waals surface area contributed by atoms with Crippen LogP contribution in [0, 0.1) is 5.82 Å². The molecule has 0 bridgehead atoms. The molecule has 41 heavy (non-hydrogen) atoms. The van der Waals surface area contributed by atoms with Gasteiger partial charge in [-0.2, -0.15) is 9.97 Å². The molecular weight excluding hydrogens is 561 g/mol. The lowest BCUT2D eigenvalue weighted by Crippen LogP contribution is -2.51. The van der Waals surface area contributed by atoms with Crippen molar-refractivity contribution in [3.05, 3.63) is 30.4 Å². The fourth-order valence-electron chi connectivity index (χ4n) is 4.97. The number of rotatable bonds is 10. The summed E-state index contributed by atoms with van der Waals surface area (Å²) in [6, 6.07) is 0. The summed E-state index contributed by atoms with van der Waals surface area (Å²) in [6.07, 6.45) is 3.94. The van der Waals surface area contributed by atoms with Gasteiger partial charge in [-0.25, -0.2) is 22.8 Å². The van der Waals surface area contributed by atoms with Crippen molar-refractivity contribution >= 4 is 21.9 Å². The molecule has 3 aromatic heterocycles. The second-order valence-corrected chi connectivity index (χ2v) is 11.8. The highest BCUT2D eigenvalue weighted by Crippen LogP contribution is 2.37. The Hall–Kier alpha value is -3.70. The molecule has 1 N–H and O–H groups in total. The first-order valence-corrected chi connectivity index (χ1v) is 14.6. The van der Waals surface area contributed by atoms with Gasteiger partial charge in [0.1, 0.15) is 17.7 Å². The molecule has 2 aliphatic rings. The number of piperidine rings is 1. The maximum atomic E-state index is 13.9. The molecule has 222 valence electrons. The Morgan fingerprint density at radius 3 is 2.39 bits per heavy atom. The molecule has 17 heteroatoms. The van der Waals surface area contributed by atoms with E-state index in [2.05, 4.69) is 34.9 Å². The summed E-state index contributed by atoms with van der Waals surface area (Å²) < 4.78 is 68.2. The van der Waals surface area contributed by atoms with Crippen LogP contribution in [-0.4, -0.2) is 94.5 Å². The second kappa shape index (κ2) is 12.0. The Bertz CT molecular complexity index is 1430. The summed E-state index contributed by atoms with van der Waals surface area (Å²) in [5, 5.41) is 7.50. The van der Waals surface area contributed by atoms with Crippen LogP contribution in [-0.2, 0) is 19.5 Å². The minimum Gasteiger partial charge on any atom is -0.479 e. The molecule has 2 unspecified atom stereocenters. The molecule has 0 spiro atoms. The topological polar surface area (TPSA) is 169 Å². The Kier molecular flexibility index (Phi) is 8.46. The molecule has 5 rings (SSSR count). The number of nitrogens with one attached hydrogen (secondary N) is 1. The van der Waals surface area contributed by atoms with E-state index in [0.29, 0.717) is 25.4 Å². The highest BCUT2D eigenvalue weighted by Gasteiger charge is 2.39. The molecule has 2 aliphatic heterocycles. The van der Waals surface area contributed by atoms with Crippen molar-refractivity contribution in [2.45, 2.75) is 56.7 Å². The highest BCUT2D eigenvalue weighted by molar-refractivity contribution is 7.93. The molecule has 2 saturated heterocycles. The lowest BCUT2D eigenvalue weighted by Gasteiger charge is -2.37. The van der Waals surface area contributed by atoms with Gasteiger partial charge in [0.15, 0.2) is 17.3 Å². The third-order valence-electron chi connectivity index (χ3n) is 6.67. The molecule has 0 aromatic carbocycles. The van der Waals surface area contributed by atoms with Crippen molar-refractivity contribution < 1.29 is 31.8 Å². The van der Waals surface area contributed by atoms with E-state index in [0.717, 1.165) is 18.8 Å². The normalized spacial score (nSPS) is 21.3. The Morgan fingerprint density at radius 1 is 1.07 bits per heavy atom. The van der Waals surface area contributed by atoms with Gasteiger partial charge in [0.05, 0.1) is 38.8 Å². The summed E-state index contributed by atoms with van der Waals surface area (Å²) in [5.74, 6) is 0.0844. The lowest BCUT2D eigenvalue weighted by molar-refractivity contribution is 0.00147. The standard InChI is InChI=1S/C24H32FN9O6S/c1-14(2)40-16-8-17(12-33(11-16)23-26-9-15(25)10-27-23)41(35,36)32-24-31-30-20(18-6-5-7-39-18)34(24)19-21(37-3)28-13-29-22(19)38-4/h9-10,13-14,16-18H,5-8,11-12H2,1-4H3,(H,31,32)/t16?,17?,18-/m1/s1. The predicted octanol–water partition coefficient (Wildman–Crippen LogP) is 1.67. The third kappa shape index (κ3) is 6.15. The van der Waals surface area contributed by atoms with Crippen LogP contribution >= 0.6 is 0 Å². The summed E-state index contributed by atoms with van der Waals surface area (Å²) in [7, 11) is -1.27. The van der Waals surface area contributed by atoms with Gasteiger partial charge in [0.25, 0.3) is 0 Å². The van der Waals surface area contributed by atoms with E-state index in [1.54, 1.807) is 4.90 Å². The molecule has 0 aliphatic carbocycles. The molecule has 0 amide bonds. The fraction of sp³-hybridized carbons (Fsp3) is 0.583. The van der Waals surface area contributed by atoms with Gasteiger partial charge in [-0.3, -0.25) is 9.29 Å². The van der Waals surface area contributed by atoms with Crippen molar-refractivity contribution in [1.29, 1.82) is 0 Å². The van der Waals surface area contributed by atoms with Gasteiger partial charge < -0.3 is 23.8 Å². The smallest absolute Gasteiger partial charge is 0.245 e. The number of sulfonamides is 1. The van der Waals surface area contributed by atoms with Gasteiger partial charge in [-0.1, -0.05) is 0 Å². The number of halogens is 1. The maximum Gasteiger partial charge on any atom is 0.245 e. The minimum absolute atomic E-state index is 0.0345. The van der Waals surface area contributed by atoms with Gasteiger partial charge in [-0.05, 0) is 33.1 Å². The number of hydrogen-bond donors (Lipinski definition) is 1. The number of hydrogen-bond acceptors (Lipinski definition) is 13. The van der Waals surface area contributed by atoms with Crippen molar-refractivity contribution in [2.75, 3.05) is 43.5 Å². The first-order valence-electron chi connectivity index (χ1n) is 13.1. The number of aromatic nitrogens is 7. The summed E-state index contributed by atoms with van der Waals surface area (Å²) >= 11 is 0. The van der Waals surface area contributed by atoms with Crippen LogP contribution < -0.4 is 19.1 Å². The van der Waals surface area contributed by atoms with E-state index in [-0.39, 0.29) is 48.4 Å². The maximum absolute atomic E-state index is 13.9. The van der Waals surface area contributed by atoms with Crippen LogP contribution in [0.15, 0.2) is 18.7 Å². The second-order valence-electron chi connectivity index (χ2n) is 9.88. The van der Waals surface area contributed by atoms with Gasteiger partial charge in [0, 0.05) is 19.7 Å². The van der Waals surface area contributed by atoms with E-state index in [9.17, 15) is 12.8 Å². The Balaban J connectivity index is 1.52. The summed E-state index contributed by atoms with van der Waals surface area (Å²) in [6.45, 7) is 4.64. The minimum atomic E-state index is -4.12. The first-order chi connectivity index (χ1) is 19.7. The third-order valence-corrected chi connectivity index (χ3v) is 8.36. The van der Waals surface area contributed by atoms with Gasteiger partial charge >= 0.3 is 0 Å². The van der Waals surface area contributed by atoms with E-state index >= 15 is 0 Å². The van der Waals surface area contributed by atoms with Crippen LogP contribution in [0.25, 0.3) is 5.69 Å². The number of nitrogens with zero attached hydrogens (tertiary/aromatic N) is 8. The quantitative estimate of drug-likeness (QED) is 0.361. The van der Waals surface area contributed by atoms with Crippen LogP contribution in [0.5, 0.6) is 11.8 Å². The largest absolute Gasteiger partial charge is 0.479 e. The number of ether oxygens (including phenoxy) is 4. The molecule has 15 nitrogen and oxygen atoms in total.